The van der Waals surface area contributed by atoms with Crippen LogP contribution in [0.2, 0.25) is 0 Å². The first-order chi connectivity index (χ1) is 16.9. The summed E-state index contributed by atoms with van der Waals surface area (Å²) in [7, 11) is 0. The van der Waals surface area contributed by atoms with Gasteiger partial charge in [0.15, 0.2) is 0 Å². The summed E-state index contributed by atoms with van der Waals surface area (Å²) in [6.07, 6.45) is 9.79. The summed E-state index contributed by atoms with van der Waals surface area (Å²) in [6.45, 7) is 12.2. The summed E-state index contributed by atoms with van der Waals surface area (Å²) in [6, 6.07) is 0. The lowest BCUT2D eigenvalue weighted by molar-refractivity contribution is -0.117. The second kappa shape index (κ2) is 12.2. The Hall–Kier alpha value is -1.02. The van der Waals surface area contributed by atoms with Crippen LogP contribution in [0.5, 0.6) is 0 Å². The number of hydrogen-bond donors (Lipinski definition) is 5. The lowest BCUT2D eigenvalue weighted by atomic mass is 9.60. The van der Waals surface area contributed by atoms with Crippen LogP contribution in [0.15, 0.2) is 35.5 Å². The molecule has 0 radical (unpaired) electrons. The first kappa shape index (κ1) is 29.5. The van der Waals surface area contributed by atoms with E-state index < -0.39 is 36.6 Å². The molecule has 6 nitrogen and oxygen atoms in total. The highest BCUT2D eigenvalue weighted by atomic mass is 16.5. The van der Waals surface area contributed by atoms with E-state index in [2.05, 4.69) is 26.5 Å². The summed E-state index contributed by atoms with van der Waals surface area (Å²) in [5, 5.41) is 49.9. The van der Waals surface area contributed by atoms with Crippen LogP contribution in [-0.2, 0) is 4.74 Å². The van der Waals surface area contributed by atoms with Gasteiger partial charge >= 0.3 is 0 Å². The minimum atomic E-state index is -1.05. The maximum atomic E-state index is 10.7. The predicted octanol–water partition coefficient (Wildman–Crippen LogP) is 4.05. The van der Waals surface area contributed by atoms with Crippen molar-refractivity contribution in [3.8, 4) is 0 Å². The average Bonchev–Trinajstić information content (AvgIpc) is 3.16. The van der Waals surface area contributed by atoms with Gasteiger partial charge in [0.2, 0.25) is 0 Å². The largest absolute Gasteiger partial charge is 0.394 e. The molecule has 3 aliphatic rings. The molecular weight excluding hydrogens is 456 g/mol. The molecule has 0 bridgehead atoms. The van der Waals surface area contributed by atoms with Gasteiger partial charge in [-0.1, -0.05) is 51.0 Å². The average molecular weight is 507 g/mol. The normalized spacial score (nSPS) is 37.4. The van der Waals surface area contributed by atoms with Crippen molar-refractivity contribution >= 4 is 0 Å². The van der Waals surface area contributed by atoms with Gasteiger partial charge in [-0.2, -0.15) is 0 Å². The van der Waals surface area contributed by atoms with Crippen LogP contribution in [0.1, 0.15) is 85.5 Å². The topological polar surface area (TPSA) is 110 Å². The zero-order chi connectivity index (χ0) is 26.7. The molecule has 36 heavy (non-hydrogen) atoms. The summed E-state index contributed by atoms with van der Waals surface area (Å²) in [5.41, 5.74) is 2.57. The van der Waals surface area contributed by atoms with E-state index in [9.17, 15) is 20.4 Å². The number of ether oxygens (including phenoxy) is 1. The Kier molecular flexibility index (Phi) is 10.0. The number of hydrogen-bond acceptors (Lipinski definition) is 6. The molecule has 0 spiro atoms. The molecule has 3 aliphatic carbocycles. The van der Waals surface area contributed by atoms with Gasteiger partial charge in [-0.25, -0.2) is 0 Å². The number of aliphatic hydroxyl groups is 5. The van der Waals surface area contributed by atoms with Crippen molar-refractivity contribution in [2.75, 3.05) is 13.2 Å². The van der Waals surface area contributed by atoms with Gasteiger partial charge in [-0.3, -0.25) is 0 Å². The third-order valence-electron chi connectivity index (χ3n) is 9.25. The van der Waals surface area contributed by atoms with Gasteiger partial charge in [-0.05, 0) is 86.7 Å². The van der Waals surface area contributed by atoms with Crippen molar-refractivity contribution in [1.82, 2.24) is 0 Å². The van der Waals surface area contributed by atoms with Crippen molar-refractivity contribution in [2.45, 2.75) is 115 Å². The van der Waals surface area contributed by atoms with Crippen LogP contribution in [-0.4, -0.2) is 68.8 Å². The highest BCUT2D eigenvalue weighted by Crippen LogP contribution is 2.60. The standard InChI is InChI=1S/C30H50O6/c1-19(8-6-14-29(3,4)35)24-12-13-25-21(9-7-15-30(24,25)5)10-11-22-16-26(33)28(27(34)20(22)2)36-18-23(32)17-31/h10-11,19,23-28,31-35H,2,6-9,12-18H2,1,3-5H3/b21-10+,22-11-/t19-,23?,24-,25+,26-,27-,28+,30-/m1/s1. The number of fused-ring (bicyclic) bond motifs is 1. The van der Waals surface area contributed by atoms with Crippen molar-refractivity contribution in [2.24, 2.45) is 23.2 Å². The number of allylic oxidation sites excluding steroid dienone is 3. The van der Waals surface area contributed by atoms with Crippen LogP contribution in [0.3, 0.4) is 0 Å². The number of aliphatic hydroxyl groups excluding tert-OH is 4. The predicted molar refractivity (Wildman–Crippen MR) is 142 cm³/mol. The quantitative estimate of drug-likeness (QED) is 0.306. The fraction of sp³-hybridized carbons (Fsp3) is 0.800. The van der Waals surface area contributed by atoms with Crippen molar-refractivity contribution < 1.29 is 30.3 Å². The van der Waals surface area contributed by atoms with Crippen LogP contribution >= 0.6 is 0 Å². The van der Waals surface area contributed by atoms with E-state index in [1.54, 1.807) is 0 Å². The lowest BCUT2D eigenvalue weighted by Crippen LogP contribution is -2.46. The smallest absolute Gasteiger partial charge is 0.114 e. The van der Waals surface area contributed by atoms with E-state index in [1.165, 1.54) is 31.3 Å². The molecule has 0 amide bonds. The Bertz CT molecular complexity index is 811. The second-order valence-corrected chi connectivity index (χ2v) is 12.6. The van der Waals surface area contributed by atoms with Gasteiger partial charge < -0.3 is 30.3 Å². The third-order valence-corrected chi connectivity index (χ3v) is 9.25. The molecule has 0 saturated heterocycles. The van der Waals surface area contributed by atoms with Crippen molar-refractivity contribution in [1.29, 1.82) is 0 Å². The Morgan fingerprint density at radius 2 is 1.94 bits per heavy atom. The minimum absolute atomic E-state index is 0.150. The monoisotopic (exact) mass is 506 g/mol. The van der Waals surface area contributed by atoms with E-state index in [1.807, 2.05) is 19.9 Å². The molecule has 3 saturated carbocycles. The second-order valence-electron chi connectivity index (χ2n) is 12.6. The summed E-state index contributed by atoms with van der Waals surface area (Å²) in [5.74, 6) is 1.90. The fourth-order valence-electron chi connectivity index (χ4n) is 7.20. The van der Waals surface area contributed by atoms with Crippen LogP contribution in [0.25, 0.3) is 0 Å². The van der Waals surface area contributed by atoms with E-state index >= 15 is 0 Å². The van der Waals surface area contributed by atoms with E-state index in [-0.39, 0.29) is 6.61 Å². The molecule has 1 unspecified atom stereocenters. The van der Waals surface area contributed by atoms with Gasteiger partial charge in [-0.15, -0.1) is 0 Å². The van der Waals surface area contributed by atoms with Crippen LogP contribution < -0.4 is 0 Å². The molecular formula is C30H50O6. The molecule has 3 fully saturated rings. The summed E-state index contributed by atoms with van der Waals surface area (Å²) < 4.78 is 5.50. The van der Waals surface area contributed by atoms with Gasteiger partial charge in [0.1, 0.15) is 18.3 Å². The minimum Gasteiger partial charge on any atom is -0.394 e. The Labute approximate surface area is 217 Å². The first-order valence-electron chi connectivity index (χ1n) is 13.9. The molecule has 6 heteroatoms. The summed E-state index contributed by atoms with van der Waals surface area (Å²) >= 11 is 0. The first-order valence-corrected chi connectivity index (χ1v) is 13.9. The fourth-order valence-corrected chi connectivity index (χ4v) is 7.20. The number of rotatable bonds is 10. The van der Waals surface area contributed by atoms with Crippen LogP contribution in [0, 0.1) is 23.2 Å². The van der Waals surface area contributed by atoms with E-state index in [0.29, 0.717) is 35.2 Å². The SMILES string of the molecule is C=C1/C(=C\C=C2/CCC[C@]3(C)[C@@H]([C@H](C)CCCC(C)(C)O)CC[C@@H]23)C[C@@H](O)[C@H](OCC(O)CO)[C@@H]1O. The summed E-state index contributed by atoms with van der Waals surface area (Å²) in [4.78, 5) is 0. The molecule has 0 aromatic rings. The molecule has 8 atom stereocenters. The van der Waals surface area contributed by atoms with Gasteiger partial charge in [0.05, 0.1) is 24.9 Å². The molecule has 0 heterocycles. The highest BCUT2D eigenvalue weighted by Gasteiger charge is 2.50. The Morgan fingerprint density at radius 3 is 2.61 bits per heavy atom. The lowest BCUT2D eigenvalue weighted by Gasteiger charge is -2.44. The third kappa shape index (κ3) is 6.89. The zero-order valence-electron chi connectivity index (χ0n) is 22.8. The maximum absolute atomic E-state index is 10.7. The highest BCUT2D eigenvalue weighted by molar-refractivity contribution is 5.40. The van der Waals surface area contributed by atoms with Crippen LogP contribution in [0.4, 0.5) is 0 Å². The van der Waals surface area contributed by atoms with Gasteiger partial charge in [0, 0.05) is 6.42 Å². The van der Waals surface area contributed by atoms with Gasteiger partial charge in [0.25, 0.3) is 0 Å². The van der Waals surface area contributed by atoms with Crippen molar-refractivity contribution in [3.63, 3.8) is 0 Å². The maximum Gasteiger partial charge on any atom is 0.114 e. The van der Waals surface area contributed by atoms with E-state index in [4.69, 9.17) is 9.84 Å². The molecule has 206 valence electrons. The molecule has 0 aliphatic heterocycles. The Balaban J connectivity index is 1.67. The Morgan fingerprint density at radius 1 is 1.22 bits per heavy atom. The molecule has 3 rings (SSSR count). The molecule has 0 aromatic heterocycles. The van der Waals surface area contributed by atoms with E-state index in [0.717, 1.165) is 31.3 Å². The molecule has 5 N–H and O–H groups in total. The zero-order valence-corrected chi connectivity index (χ0v) is 22.8. The molecule has 0 aromatic carbocycles. The van der Waals surface area contributed by atoms with Crippen molar-refractivity contribution in [3.05, 3.63) is 35.5 Å².